The van der Waals surface area contributed by atoms with Gasteiger partial charge in [0, 0.05) is 19.3 Å². The number of hydrazine groups is 1. The highest BCUT2D eigenvalue weighted by atomic mass is 16.5. The van der Waals surface area contributed by atoms with Gasteiger partial charge < -0.3 is 4.74 Å². The first kappa shape index (κ1) is 10.9. The van der Waals surface area contributed by atoms with Crippen LogP contribution in [0.15, 0.2) is 0 Å². The summed E-state index contributed by atoms with van der Waals surface area (Å²) in [4.78, 5) is 0. The standard InChI is InChI=1S/C8H20N2O/c1-3-8(10-9)6-5-7-11-4-2/h8,10H,3-7,9H2,1-2H3. The maximum atomic E-state index is 5.31. The summed E-state index contributed by atoms with van der Waals surface area (Å²) in [5, 5.41) is 0. The zero-order valence-electron chi connectivity index (χ0n) is 7.60. The van der Waals surface area contributed by atoms with Crippen molar-refractivity contribution in [2.75, 3.05) is 13.2 Å². The quantitative estimate of drug-likeness (QED) is 0.332. The summed E-state index contributed by atoms with van der Waals surface area (Å²) in [6.07, 6.45) is 3.28. The molecule has 0 amide bonds. The first-order valence-electron chi connectivity index (χ1n) is 4.39. The van der Waals surface area contributed by atoms with E-state index in [0.717, 1.165) is 32.5 Å². The maximum absolute atomic E-state index is 5.31. The van der Waals surface area contributed by atoms with Crippen molar-refractivity contribution in [1.82, 2.24) is 5.43 Å². The fraction of sp³-hybridized carbons (Fsp3) is 1.00. The topological polar surface area (TPSA) is 47.3 Å². The molecule has 0 saturated heterocycles. The van der Waals surface area contributed by atoms with Gasteiger partial charge in [-0.1, -0.05) is 6.92 Å². The monoisotopic (exact) mass is 160 g/mol. The van der Waals surface area contributed by atoms with Crippen LogP contribution in [0, 0.1) is 0 Å². The fourth-order valence-electron chi connectivity index (χ4n) is 0.981. The highest BCUT2D eigenvalue weighted by Gasteiger charge is 2.01. The van der Waals surface area contributed by atoms with Crippen LogP contribution in [0.25, 0.3) is 0 Å². The molecule has 0 fully saturated rings. The zero-order chi connectivity index (χ0) is 8.53. The summed E-state index contributed by atoms with van der Waals surface area (Å²) >= 11 is 0. The Labute approximate surface area is 69.3 Å². The lowest BCUT2D eigenvalue weighted by Crippen LogP contribution is -2.34. The van der Waals surface area contributed by atoms with Crippen molar-refractivity contribution in [2.45, 2.75) is 39.2 Å². The van der Waals surface area contributed by atoms with E-state index in [4.69, 9.17) is 10.6 Å². The summed E-state index contributed by atoms with van der Waals surface area (Å²) < 4.78 is 5.20. The molecular formula is C8H20N2O. The number of nitrogens with one attached hydrogen (secondary N) is 1. The molecule has 0 aliphatic rings. The third kappa shape index (κ3) is 6.28. The van der Waals surface area contributed by atoms with E-state index in [0.29, 0.717) is 6.04 Å². The molecule has 0 aromatic carbocycles. The van der Waals surface area contributed by atoms with E-state index in [1.54, 1.807) is 0 Å². The predicted molar refractivity (Wildman–Crippen MR) is 47.1 cm³/mol. The normalized spacial score (nSPS) is 13.4. The van der Waals surface area contributed by atoms with Crippen LogP contribution in [0.2, 0.25) is 0 Å². The lowest BCUT2D eigenvalue weighted by atomic mass is 10.1. The van der Waals surface area contributed by atoms with Gasteiger partial charge in [0.15, 0.2) is 0 Å². The highest BCUT2D eigenvalue weighted by molar-refractivity contribution is 4.59. The fourth-order valence-corrected chi connectivity index (χ4v) is 0.981. The Morgan fingerprint density at radius 2 is 2.18 bits per heavy atom. The van der Waals surface area contributed by atoms with Gasteiger partial charge in [0.1, 0.15) is 0 Å². The van der Waals surface area contributed by atoms with Crippen LogP contribution in [0.1, 0.15) is 33.1 Å². The number of hydrogen-bond acceptors (Lipinski definition) is 3. The van der Waals surface area contributed by atoms with Crippen LogP contribution in [0.5, 0.6) is 0 Å². The van der Waals surface area contributed by atoms with Crippen LogP contribution in [-0.2, 0) is 4.74 Å². The molecule has 3 N–H and O–H groups in total. The Morgan fingerprint density at radius 3 is 2.64 bits per heavy atom. The second-order valence-electron chi connectivity index (χ2n) is 2.61. The molecule has 0 aromatic heterocycles. The van der Waals surface area contributed by atoms with Crippen LogP contribution in [0.3, 0.4) is 0 Å². The van der Waals surface area contributed by atoms with E-state index in [9.17, 15) is 0 Å². The SMILES string of the molecule is CCOCCCC(CC)NN. The van der Waals surface area contributed by atoms with Crippen molar-refractivity contribution < 1.29 is 4.74 Å². The van der Waals surface area contributed by atoms with Crippen molar-refractivity contribution in [2.24, 2.45) is 5.84 Å². The minimum absolute atomic E-state index is 0.454. The molecule has 68 valence electrons. The van der Waals surface area contributed by atoms with Gasteiger partial charge in [-0.05, 0) is 26.2 Å². The molecule has 0 aliphatic heterocycles. The average molecular weight is 160 g/mol. The zero-order valence-corrected chi connectivity index (χ0v) is 7.60. The third-order valence-corrected chi connectivity index (χ3v) is 1.77. The Bertz CT molecular complexity index is 74.5. The van der Waals surface area contributed by atoms with E-state index >= 15 is 0 Å². The van der Waals surface area contributed by atoms with Crippen LogP contribution < -0.4 is 11.3 Å². The summed E-state index contributed by atoms with van der Waals surface area (Å²) in [7, 11) is 0. The third-order valence-electron chi connectivity index (χ3n) is 1.77. The van der Waals surface area contributed by atoms with Crippen molar-refractivity contribution in [1.29, 1.82) is 0 Å². The van der Waals surface area contributed by atoms with Crippen LogP contribution >= 0.6 is 0 Å². The first-order chi connectivity index (χ1) is 5.35. The Morgan fingerprint density at radius 1 is 1.45 bits per heavy atom. The first-order valence-corrected chi connectivity index (χ1v) is 4.39. The molecule has 3 nitrogen and oxygen atoms in total. The number of rotatable bonds is 7. The Kier molecular flexibility index (Phi) is 7.89. The second-order valence-corrected chi connectivity index (χ2v) is 2.61. The molecule has 11 heavy (non-hydrogen) atoms. The molecule has 0 bridgehead atoms. The molecule has 0 rings (SSSR count). The molecule has 3 heteroatoms. The molecule has 1 unspecified atom stereocenters. The maximum Gasteiger partial charge on any atom is 0.0466 e. The van der Waals surface area contributed by atoms with Crippen molar-refractivity contribution in [3.05, 3.63) is 0 Å². The van der Waals surface area contributed by atoms with E-state index in [1.165, 1.54) is 0 Å². The van der Waals surface area contributed by atoms with Crippen LogP contribution in [-0.4, -0.2) is 19.3 Å². The van der Waals surface area contributed by atoms with E-state index < -0.39 is 0 Å². The van der Waals surface area contributed by atoms with Crippen LogP contribution in [0.4, 0.5) is 0 Å². The molecule has 0 aliphatic carbocycles. The summed E-state index contributed by atoms with van der Waals surface area (Å²) in [5.41, 5.74) is 2.77. The highest BCUT2D eigenvalue weighted by Crippen LogP contribution is 1.99. The lowest BCUT2D eigenvalue weighted by molar-refractivity contribution is 0.140. The smallest absolute Gasteiger partial charge is 0.0466 e. The molecule has 0 aromatic rings. The second kappa shape index (κ2) is 7.98. The van der Waals surface area contributed by atoms with Crippen molar-refractivity contribution in [3.8, 4) is 0 Å². The summed E-state index contributed by atoms with van der Waals surface area (Å²) in [5.74, 6) is 5.31. The lowest BCUT2D eigenvalue weighted by Gasteiger charge is -2.12. The van der Waals surface area contributed by atoms with E-state index in [1.807, 2.05) is 6.92 Å². The molecule has 0 heterocycles. The molecule has 0 saturated carbocycles. The number of hydrogen-bond donors (Lipinski definition) is 2. The van der Waals surface area contributed by atoms with Gasteiger partial charge in [0.2, 0.25) is 0 Å². The Balaban J connectivity index is 3.07. The minimum atomic E-state index is 0.454. The molecular weight excluding hydrogens is 140 g/mol. The number of nitrogens with two attached hydrogens (primary N) is 1. The minimum Gasteiger partial charge on any atom is -0.382 e. The van der Waals surface area contributed by atoms with Gasteiger partial charge in [0.25, 0.3) is 0 Å². The van der Waals surface area contributed by atoms with Gasteiger partial charge in [-0.15, -0.1) is 0 Å². The largest absolute Gasteiger partial charge is 0.382 e. The molecule has 0 radical (unpaired) electrons. The predicted octanol–water partition coefficient (Wildman–Crippen LogP) is 1.04. The molecule has 1 atom stereocenters. The van der Waals surface area contributed by atoms with Gasteiger partial charge in [-0.25, -0.2) is 0 Å². The van der Waals surface area contributed by atoms with Crippen molar-refractivity contribution in [3.63, 3.8) is 0 Å². The van der Waals surface area contributed by atoms with Gasteiger partial charge in [-0.3, -0.25) is 11.3 Å². The number of ether oxygens (including phenoxy) is 1. The summed E-state index contributed by atoms with van der Waals surface area (Å²) in [6, 6.07) is 0.454. The van der Waals surface area contributed by atoms with Gasteiger partial charge >= 0.3 is 0 Å². The van der Waals surface area contributed by atoms with E-state index in [2.05, 4.69) is 12.3 Å². The van der Waals surface area contributed by atoms with Gasteiger partial charge in [-0.2, -0.15) is 0 Å². The van der Waals surface area contributed by atoms with E-state index in [-0.39, 0.29) is 0 Å². The van der Waals surface area contributed by atoms with Gasteiger partial charge in [0.05, 0.1) is 0 Å². The van der Waals surface area contributed by atoms with Crippen molar-refractivity contribution >= 4 is 0 Å². The Hall–Kier alpha value is -0.120. The summed E-state index contributed by atoms with van der Waals surface area (Å²) in [6.45, 7) is 5.81. The molecule has 0 spiro atoms. The average Bonchev–Trinajstić information content (AvgIpc) is 2.05.